The number of nitrogens with one attached hydrogen (secondary N) is 1. The van der Waals surface area contributed by atoms with E-state index in [0.29, 0.717) is 48.6 Å². The SMILES string of the molecule is COc1cc(OC)cc(C(=O)N2CCC(C(=O)N/N=C\c3ccc(F)cc3)CC2)c1. The van der Waals surface area contributed by atoms with Crippen LogP contribution in [0, 0.1) is 11.7 Å². The van der Waals surface area contributed by atoms with Crippen LogP contribution in [0.2, 0.25) is 0 Å². The molecule has 0 saturated carbocycles. The van der Waals surface area contributed by atoms with E-state index in [1.54, 1.807) is 35.2 Å². The largest absolute Gasteiger partial charge is 0.497 e. The molecule has 0 aromatic heterocycles. The molecule has 30 heavy (non-hydrogen) atoms. The lowest BCUT2D eigenvalue weighted by molar-refractivity contribution is -0.126. The molecule has 1 fully saturated rings. The van der Waals surface area contributed by atoms with E-state index in [-0.39, 0.29) is 23.5 Å². The van der Waals surface area contributed by atoms with Crippen LogP contribution in [0.25, 0.3) is 0 Å². The minimum absolute atomic E-state index is 0.125. The number of carbonyl (C=O) groups excluding carboxylic acids is 2. The Hall–Kier alpha value is -3.42. The molecule has 2 amide bonds. The van der Waals surface area contributed by atoms with Gasteiger partial charge in [-0.25, -0.2) is 9.82 Å². The maximum absolute atomic E-state index is 12.9. The number of benzene rings is 2. The van der Waals surface area contributed by atoms with Crippen LogP contribution in [-0.2, 0) is 4.79 Å². The van der Waals surface area contributed by atoms with Gasteiger partial charge in [0, 0.05) is 30.6 Å². The Kier molecular flexibility index (Phi) is 7.00. The molecule has 1 saturated heterocycles. The van der Waals surface area contributed by atoms with Crippen molar-refractivity contribution < 1.29 is 23.5 Å². The Morgan fingerprint density at radius 2 is 1.67 bits per heavy atom. The number of hydrazone groups is 1. The van der Waals surface area contributed by atoms with Gasteiger partial charge in [0.2, 0.25) is 5.91 Å². The molecule has 7 nitrogen and oxygen atoms in total. The summed E-state index contributed by atoms with van der Waals surface area (Å²) in [5.74, 6) is 0.227. The number of likely N-dealkylation sites (tertiary alicyclic amines) is 1. The zero-order valence-corrected chi connectivity index (χ0v) is 16.9. The van der Waals surface area contributed by atoms with Crippen molar-refractivity contribution in [3.63, 3.8) is 0 Å². The van der Waals surface area contributed by atoms with Crippen LogP contribution in [0.4, 0.5) is 4.39 Å². The summed E-state index contributed by atoms with van der Waals surface area (Å²) in [5, 5.41) is 3.93. The van der Waals surface area contributed by atoms with Crippen LogP contribution in [-0.4, -0.2) is 50.2 Å². The van der Waals surface area contributed by atoms with E-state index in [4.69, 9.17) is 9.47 Å². The topological polar surface area (TPSA) is 80.2 Å². The summed E-state index contributed by atoms with van der Waals surface area (Å²) in [6.07, 6.45) is 2.56. The van der Waals surface area contributed by atoms with E-state index in [0.717, 1.165) is 0 Å². The van der Waals surface area contributed by atoms with Crippen LogP contribution in [0.15, 0.2) is 47.6 Å². The minimum Gasteiger partial charge on any atom is -0.497 e. The van der Waals surface area contributed by atoms with Gasteiger partial charge in [-0.2, -0.15) is 5.10 Å². The van der Waals surface area contributed by atoms with Crippen molar-refractivity contribution in [2.75, 3.05) is 27.3 Å². The van der Waals surface area contributed by atoms with Crippen molar-refractivity contribution in [2.24, 2.45) is 11.0 Å². The fourth-order valence-electron chi connectivity index (χ4n) is 3.27. The van der Waals surface area contributed by atoms with E-state index >= 15 is 0 Å². The second-order valence-electron chi connectivity index (χ2n) is 6.95. The lowest BCUT2D eigenvalue weighted by Crippen LogP contribution is -2.42. The van der Waals surface area contributed by atoms with Crippen molar-refractivity contribution in [1.82, 2.24) is 10.3 Å². The zero-order chi connectivity index (χ0) is 21.5. The first-order valence-electron chi connectivity index (χ1n) is 9.61. The first kappa shape index (κ1) is 21.3. The number of piperidine rings is 1. The van der Waals surface area contributed by atoms with Crippen LogP contribution in [0.3, 0.4) is 0 Å². The predicted octanol–water partition coefficient (Wildman–Crippen LogP) is 2.85. The molecule has 0 atom stereocenters. The predicted molar refractivity (Wildman–Crippen MR) is 110 cm³/mol. The van der Waals surface area contributed by atoms with E-state index < -0.39 is 0 Å². The molecule has 1 N–H and O–H groups in total. The summed E-state index contributed by atoms with van der Waals surface area (Å²) in [4.78, 5) is 26.9. The number of methoxy groups -OCH3 is 2. The van der Waals surface area contributed by atoms with E-state index in [1.807, 2.05) is 0 Å². The van der Waals surface area contributed by atoms with Gasteiger partial charge in [0.05, 0.1) is 20.4 Å². The molecule has 1 aliphatic heterocycles. The van der Waals surface area contributed by atoms with E-state index in [2.05, 4.69) is 10.5 Å². The monoisotopic (exact) mass is 413 g/mol. The first-order chi connectivity index (χ1) is 14.5. The third kappa shape index (κ3) is 5.34. The molecule has 8 heteroatoms. The Morgan fingerprint density at radius 3 is 2.23 bits per heavy atom. The maximum atomic E-state index is 12.9. The Bertz CT molecular complexity index is 900. The standard InChI is InChI=1S/C22H24FN3O4/c1-29-19-11-17(12-20(13-19)30-2)22(28)26-9-7-16(8-10-26)21(27)25-24-14-15-3-5-18(23)6-4-15/h3-6,11-14,16H,7-10H2,1-2H3,(H,25,27)/b24-14-. The molecule has 2 aromatic carbocycles. The summed E-state index contributed by atoms with van der Waals surface area (Å²) in [6.45, 7) is 0.941. The van der Waals surface area contributed by atoms with Gasteiger partial charge in [-0.3, -0.25) is 9.59 Å². The molecule has 1 aliphatic rings. The second-order valence-corrected chi connectivity index (χ2v) is 6.95. The van der Waals surface area contributed by atoms with Crippen molar-refractivity contribution >= 4 is 18.0 Å². The molecule has 1 heterocycles. The van der Waals surface area contributed by atoms with Crippen molar-refractivity contribution in [1.29, 1.82) is 0 Å². The first-order valence-corrected chi connectivity index (χ1v) is 9.61. The van der Waals surface area contributed by atoms with Gasteiger partial charge in [-0.1, -0.05) is 12.1 Å². The quantitative estimate of drug-likeness (QED) is 0.583. The average molecular weight is 413 g/mol. The molecule has 2 aromatic rings. The summed E-state index contributed by atoms with van der Waals surface area (Å²) in [6, 6.07) is 10.9. The fraction of sp³-hybridized carbons (Fsp3) is 0.318. The number of hydrogen-bond donors (Lipinski definition) is 1. The number of rotatable bonds is 6. The van der Waals surface area contributed by atoms with Gasteiger partial charge >= 0.3 is 0 Å². The summed E-state index contributed by atoms with van der Waals surface area (Å²) >= 11 is 0. The van der Waals surface area contributed by atoms with Crippen molar-refractivity contribution in [3.8, 4) is 11.5 Å². The normalized spacial score (nSPS) is 14.6. The third-order valence-corrected chi connectivity index (χ3v) is 5.01. The van der Waals surface area contributed by atoms with Gasteiger partial charge < -0.3 is 14.4 Å². The average Bonchev–Trinajstić information content (AvgIpc) is 2.79. The molecular weight excluding hydrogens is 389 g/mol. The smallest absolute Gasteiger partial charge is 0.254 e. The molecule has 3 rings (SSSR count). The van der Waals surface area contributed by atoms with Crippen LogP contribution in [0.1, 0.15) is 28.8 Å². The van der Waals surface area contributed by atoms with Gasteiger partial charge in [0.15, 0.2) is 0 Å². The van der Waals surface area contributed by atoms with Crippen molar-refractivity contribution in [3.05, 3.63) is 59.4 Å². The van der Waals surface area contributed by atoms with Gasteiger partial charge in [0.1, 0.15) is 17.3 Å². The third-order valence-electron chi connectivity index (χ3n) is 5.01. The fourth-order valence-corrected chi connectivity index (χ4v) is 3.27. The van der Waals surface area contributed by atoms with Crippen LogP contribution >= 0.6 is 0 Å². The highest BCUT2D eigenvalue weighted by Crippen LogP contribution is 2.25. The van der Waals surface area contributed by atoms with Crippen LogP contribution < -0.4 is 14.9 Å². The number of nitrogens with zero attached hydrogens (tertiary/aromatic N) is 2. The summed E-state index contributed by atoms with van der Waals surface area (Å²) in [7, 11) is 3.07. The number of ether oxygens (including phenoxy) is 2. The number of amides is 2. The highest BCUT2D eigenvalue weighted by Gasteiger charge is 2.28. The highest BCUT2D eigenvalue weighted by atomic mass is 19.1. The summed E-state index contributed by atoms with van der Waals surface area (Å²) in [5.41, 5.74) is 3.69. The molecule has 0 spiro atoms. The maximum Gasteiger partial charge on any atom is 0.254 e. The molecule has 0 aliphatic carbocycles. The number of hydrogen-bond acceptors (Lipinski definition) is 5. The molecule has 158 valence electrons. The highest BCUT2D eigenvalue weighted by molar-refractivity contribution is 5.95. The summed E-state index contributed by atoms with van der Waals surface area (Å²) < 4.78 is 23.3. The Balaban J connectivity index is 1.53. The number of carbonyl (C=O) groups is 2. The second kappa shape index (κ2) is 9.87. The van der Waals surface area contributed by atoms with E-state index in [1.165, 1.54) is 32.6 Å². The molecular formula is C22H24FN3O4. The van der Waals surface area contributed by atoms with Crippen LogP contribution in [0.5, 0.6) is 11.5 Å². The Labute approximate surface area is 174 Å². The van der Waals surface area contributed by atoms with Gasteiger partial charge in [-0.05, 0) is 42.7 Å². The molecule has 0 radical (unpaired) electrons. The van der Waals surface area contributed by atoms with Gasteiger partial charge in [0.25, 0.3) is 5.91 Å². The Morgan fingerprint density at radius 1 is 1.07 bits per heavy atom. The molecule has 0 bridgehead atoms. The lowest BCUT2D eigenvalue weighted by Gasteiger charge is -2.31. The van der Waals surface area contributed by atoms with Crippen molar-refractivity contribution in [2.45, 2.75) is 12.8 Å². The molecule has 0 unspecified atom stereocenters. The van der Waals surface area contributed by atoms with E-state index in [9.17, 15) is 14.0 Å². The number of halogens is 1. The van der Waals surface area contributed by atoms with Gasteiger partial charge in [-0.15, -0.1) is 0 Å². The lowest BCUT2D eigenvalue weighted by atomic mass is 9.95. The minimum atomic E-state index is -0.329. The zero-order valence-electron chi connectivity index (χ0n) is 16.9.